The van der Waals surface area contributed by atoms with Gasteiger partial charge in [-0.25, -0.2) is 0 Å². The van der Waals surface area contributed by atoms with Gasteiger partial charge < -0.3 is 4.48 Å². The molecule has 116 valence electrons. The van der Waals surface area contributed by atoms with Crippen molar-refractivity contribution in [1.82, 2.24) is 0 Å². The molecule has 0 aromatic rings. The second-order valence-corrected chi connectivity index (χ2v) is 20.0. The minimum Gasteiger partial charge on any atom is -0.328 e. The van der Waals surface area contributed by atoms with Gasteiger partial charge in [-0.15, -0.1) is 0 Å². The molecule has 19 heavy (non-hydrogen) atoms. The van der Waals surface area contributed by atoms with E-state index in [1.807, 2.05) is 0 Å². The Kier molecular flexibility index (Phi) is 8.15. The second-order valence-electron chi connectivity index (χ2n) is 9.06. The van der Waals surface area contributed by atoms with Gasteiger partial charge in [0.25, 0.3) is 0 Å². The van der Waals surface area contributed by atoms with Crippen LogP contribution in [-0.2, 0) is 0 Å². The molecule has 0 fully saturated rings. The Hall–Kier alpha value is 0.394. The number of rotatable bonds is 10. The average Bonchev–Trinajstić information content (AvgIpc) is 2.22. The average molecular weight is 303 g/mol. The second kappa shape index (κ2) is 7.99. The maximum absolute atomic E-state index is 2.61. The number of unbranched alkanes of at least 4 members (excludes halogenated alkanes) is 1. The van der Waals surface area contributed by atoms with Crippen LogP contribution in [0.15, 0.2) is 0 Å². The lowest BCUT2D eigenvalue weighted by molar-refractivity contribution is -0.890. The first-order valence-electron chi connectivity index (χ1n) is 8.29. The van der Waals surface area contributed by atoms with Crippen LogP contribution in [0, 0.1) is 0 Å². The fourth-order valence-corrected chi connectivity index (χ4v) is 9.59. The van der Waals surface area contributed by atoms with Gasteiger partial charge in [0.1, 0.15) is 0 Å². The van der Waals surface area contributed by atoms with Crippen LogP contribution in [-0.4, -0.2) is 47.8 Å². The summed E-state index contributed by atoms with van der Waals surface area (Å²) in [4.78, 5) is 0. The zero-order valence-corrected chi connectivity index (χ0v) is 17.1. The van der Waals surface area contributed by atoms with E-state index >= 15 is 0 Å². The fraction of sp³-hybridized carbons (Fsp3) is 1.00. The standard InChI is InChI=1S/C16H40NSi2/c1-9-10-12-17(2,3)13-11-14-19(7,8)16-15-18(4,5)6/h9-16H2,1-8H3/q+1. The highest BCUT2D eigenvalue weighted by atomic mass is 28.3. The van der Waals surface area contributed by atoms with Gasteiger partial charge in [-0.1, -0.05) is 64.2 Å². The third kappa shape index (κ3) is 11.9. The van der Waals surface area contributed by atoms with E-state index in [2.05, 4.69) is 53.8 Å². The first kappa shape index (κ1) is 19.4. The van der Waals surface area contributed by atoms with Gasteiger partial charge in [0, 0.05) is 16.1 Å². The number of hydrogen-bond acceptors (Lipinski definition) is 0. The first-order chi connectivity index (χ1) is 8.47. The van der Waals surface area contributed by atoms with Crippen molar-refractivity contribution in [2.45, 2.75) is 77.1 Å². The van der Waals surface area contributed by atoms with Gasteiger partial charge in [-0.3, -0.25) is 0 Å². The van der Waals surface area contributed by atoms with Crippen LogP contribution in [0.3, 0.4) is 0 Å². The van der Waals surface area contributed by atoms with Crippen molar-refractivity contribution >= 4 is 16.1 Å². The first-order valence-corrected chi connectivity index (χ1v) is 15.4. The topological polar surface area (TPSA) is 0 Å². The molecule has 0 unspecified atom stereocenters. The molecule has 0 aliphatic rings. The third-order valence-electron chi connectivity index (χ3n) is 4.29. The molecular weight excluding hydrogens is 262 g/mol. The summed E-state index contributed by atoms with van der Waals surface area (Å²) in [6.45, 7) is 17.8. The third-order valence-corrected chi connectivity index (χ3v) is 9.85. The van der Waals surface area contributed by atoms with Crippen LogP contribution in [0.2, 0.25) is 50.9 Å². The van der Waals surface area contributed by atoms with E-state index in [1.54, 1.807) is 12.1 Å². The van der Waals surface area contributed by atoms with Crippen molar-refractivity contribution in [3.63, 3.8) is 0 Å². The largest absolute Gasteiger partial charge is 0.328 e. The van der Waals surface area contributed by atoms with Gasteiger partial charge in [-0.05, 0) is 12.8 Å². The van der Waals surface area contributed by atoms with E-state index in [-0.39, 0.29) is 0 Å². The quantitative estimate of drug-likeness (QED) is 0.379. The fourth-order valence-electron chi connectivity index (χ4n) is 2.52. The molecule has 0 aliphatic heterocycles. The zero-order chi connectivity index (χ0) is 15.2. The molecule has 0 aromatic carbocycles. The summed E-state index contributed by atoms with van der Waals surface area (Å²) < 4.78 is 1.23. The number of hydrogen-bond donors (Lipinski definition) is 0. The molecule has 0 atom stereocenters. The summed E-state index contributed by atoms with van der Waals surface area (Å²) >= 11 is 0. The summed E-state index contributed by atoms with van der Waals surface area (Å²) in [6.07, 6.45) is 4.16. The van der Waals surface area contributed by atoms with Crippen LogP contribution in [0.1, 0.15) is 26.2 Å². The van der Waals surface area contributed by atoms with Gasteiger partial charge in [0.05, 0.1) is 27.2 Å². The Morgan fingerprint density at radius 3 is 1.74 bits per heavy atom. The zero-order valence-electron chi connectivity index (χ0n) is 15.1. The van der Waals surface area contributed by atoms with Gasteiger partial charge >= 0.3 is 0 Å². The summed E-state index contributed by atoms with van der Waals surface area (Å²) in [6, 6.07) is 4.64. The molecule has 0 aromatic heterocycles. The molecule has 0 aliphatic carbocycles. The van der Waals surface area contributed by atoms with Crippen LogP contribution in [0.4, 0.5) is 0 Å². The molecule has 0 rings (SSSR count). The van der Waals surface area contributed by atoms with Gasteiger partial charge in [-0.2, -0.15) is 0 Å². The SMILES string of the molecule is CCCC[N+](C)(C)CCC[Si](C)(C)CC[Si](C)(C)C. The van der Waals surface area contributed by atoms with Gasteiger partial charge in [0.15, 0.2) is 0 Å². The molecule has 0 saturated heterocycles. The Morgan fingerprint density at radius 2 is 1.26 bits per heavy atom. The van der Waals surface area contributed by atoms with Crippen molar-refractivity contribution in [3.05, 3.63) is 0 Å². The predicted molar refractivity (Wildman–Crippen MR) is 96.6 cm³/mol. The Balaban J connectivity index is 3.97. The van der Waals surface area contributed by atoms with E-state index in [1.165, 1.54) is 42.9 Å². The molecule has 0 heterocycles. The van der Waals surface area contributed by atoms with Crippen molar-refractivity contribution in [2.24, 2.45) is 0 Å². The highest BCUT2D eigenvalue weighted by Gasteiger charge is 2.25. The predicted octanol–water partition coefficient (Wildman–Crippen LogP) is 5.30. The lowest BCUT2D eigenvalue weighted by Crippen LogP contribution is -2.42. The summed E-state index contributed by atoms with van der Waals surface area (Å²) in [5.74, 6) is 0. The van der Waals surface area contributed by atoms with E-state index in [0.717, 1.165) is 0 Å². The van der Waals surface area contributed by atoms with Crippen molar-refractivity contribution in [3.8, 4) is 0 Å². The number of quaternary nitrogens is 1. The summed E-state index contributed by atoms with van der Waals surface area (Å²) in [5, 5.41) is 0. The minimum absolute atomic E-state index is 0.830. The summed E-state index contributed by atoms with van der Waals surface area (Å²) in [7, 11) is 3.07. The van der Waals surface area contributed by atoms with Crippen LogP contribution in [0.25, 0.3) is 0 Å². The van der Waals surface area contributed by atoms with Gasteiger partial charge in [0.2, 0.25) is 0 Å². The highest BCUT2D eigenvalue weighted by molar-refractivity contribution is 6.82. The van der Waals surface area contributed by atoms with Crippen molar-refractivity contribution in [1.29, 1.82) is 0 Å². The van der Waals surface area contributed by atoms with E-state index in [0.29, 0.717) is 0 Å². The lowest BCUT2D eigenvalue weighted by atomic mass is 10.3. The molecule has 0 amide bonds. The molecular formula is C16H40NSi2+. The van der Waals surface area contributed by atoms with Crippen LogP contribution in [0.5, 0.6) is 0 Å². The summed E-state index contributed by atoms with van der Waals surface area (Å²) in [5.41, 5.74) is 0. The monoisotopic (exact) mass is 302 g/mol. The van der Waals surface area contributed by atoms with E-state index in [9.17, 15) is 0 Å². The maximum atomic E-state index is 2.61. The normalized spacial score (nSPS) is 13.9. The maximum Gasteiger partial charge on any atom is 0.0782 e. The number of nitrogens with zero attached hydrogens (tertiary/aromatic N) is 1. The van der Waals surface area contributed by atoms with E-state index < -0.39 is 16.1 Å². The molecule has 0 N–H and O–H groups in total. The Labute approximate surface area is 125 Å². The molecule has 1 nitrogen and oxygen atoms in total. The Bertz CT molecular complexity index is 242. The molecule has 0 bridgehead atoms. The van der Waals surface area contributed by atoms with Crippen molar-refractivity contribution < 1.29 is 4.48 Å². The van der Waals surface area contributed by atoms with Crippen LogP contribution < -0.4 is 0 Å². The van der Waals surface area contributed by atoms with E-state index in [4.69, 9.17) is 0 Å². The molecule has 0 radical (unpaired) electrons. The lowest BCUT2D eigenvalue weighted by Gasteiger charge is -2.32. The molecule has 3 heteroatoms. The molecule has 0 spiro atoms. The smallest absolute Gasteiger partial charge is 0.0782 e. The minimum atomic E-state index is -0.919. The Morgan fingerprint density at radius 1 is 0.737 bits per heavy atom. The molecule has 0 saturated carbocycles. The van der Waals surface area contributed by atoms with Crippen molar-refractivity contribution in [2.75, 3.05) is 27.2 Å². The highest BCUT2D eigenvalue weighted by Crippen LogP contribution is 2.24. The van der Waals surface area contributed by atoms with Crippen LogP contribution >= 0.6 is 0 Å².